The van der Waals surface area contributed by atoms with E-state index >= 15 is 0 Å². The molecule has 0 radical (unpaired) electrons. The van der Waals surface area contributed by atoms with Crippen molar-refractivity contribution >= 4 is 17.7 Å². The van der Waals surface area contributed by atoms with E-state index in [1.807, 2.05) is 38.1 Å². The zero-order chi connectivity index (χ0) is 17.0. The number of nitriles is 1. The fourth-order valence-corrected chi connectivity index (χ4v) is 3.43. The van der Waals surface area contributed by atoms with E-state index in [1.54, 1.807) is 6.20 Å². The first kappa shape index (κ1) is 17.7. The van der Waals surface area contributed by atoms with Crippen LogP contribution in [0.25, 0.3) is 0 Å². The van der Waals surface area contributed by atoms with Crippen LogP contribution in [0.15, 0.2) is 24.4 Å². The molecule has 1 saturated heterocycles. The Morgan fingerprint density at radius 2 is 2.39 bits per heavy atom. The highest BCUT2D eigenvalue weighted by Gasteiger charge is 2.42. The normalized spacial score (nSPS) is 22.7. The Balaban J connectivity index is 2.01. The number of nitrogens with zero attached hydrogens (tertiary/aromatic N) is 3. The van der Waals surface area contributed by atoms with Crippen LogP contribution in [0.4, 0.5) is 4.39 Å². The van der Waals surface area contributed by atoms with Crippen LogP contribution in [-0.2, 0) is 10.5 Å². The van der Waals surface area contributed by atoms with Crippen LogP contribution in [0.1, 0.15) is 26.0 Å². The molecular formula is C16H21FN4OS. The maximum absolute atomic E-state index is 13.5. The smallest absolute Gasteiger partial charge is 0.242 e. The minimum atomic E-state index is -1.15. The molecule has 2 N–H and O–H groups in total. The van der Waals surface area contributed by atoms with Crippen molar-refractivity contribution in [2.75, 3.05) is 6.54 Å². The second kappa shape index (κ2) is 7.28. The number of amides is 1. The molecule has 1 aromatic heterocycles. The van der Waals surface area contributed by atoms with Crippen LogP contribution in [-0.4, -0.2) is 45.3 Å². The van der Waals surface area contributed by atoms with Crippen molar-refractivity contribution in [1.29, 1.82) is 5.26 Å². The summed E-state index contributed by atoms with van der Waals surface area (Å²) >= 11 is 1.52. The van der Waals surface area contributed by atoms with Gasteiger partial charge >= 0.3 is 0 Å². The van der Waals surface area contributed by atoms with E-state index in [2.05, 4.69) is 4.98 Å². The van der Waals surface area contributed by atoms with Crippen LogP contribution < -0.4 is 5.73 Å². The number of likely N-dealkylation sites (tertiary alicyclic amines) is 1. The van der Waals surface area contributed by atoms with Crippen LogP contribution in [0.5, 0.6) is 0 Å². The third kappa shape index (κ3) is 4.21. The summed E-state index contributed by atoms with van der Waals surface area (Å²) in [5, 5.41) is 9.07. The van der Waals surface area contributed by atoms with Crippen molar-refractivity contribution in [2.45, 2.75) is 49.0 Å². The van der Waals surface area contributed by atoms with E-state index in [-0.39, 0.29) is 18.9 Å². The Kier molecular flexibility index (Phi) is 5.60. The van der Waals surface area contributed by atoms with Gasteiger partial charge in [-0.3, -0.25) is 9.78 Å². The Hall–Kier alpha value is -1.65. The molecule has 1 amide bonds. The molecule has 1 unspecified atom stereocenters. The Morgan fingerprint density at radius 1 is 1.65 bits per heavy atom. The molecule has 1 aromatic rings. The molecule has 0 spiro atoms. The summed E-state index contributed by atoms with van der Waals surface area (Å²) in [6.45, 7) is 3.72. The number of halogens is 1. The number of thioether (sulfide) groups is 1. The van der Waals surface area contributed by atoms with Crippen molar-refractivity contribution in [1.82, 2.24) is 9.88 Å². The third-order valence-electron chi connectivity index (χ3n) is 4.02. The van der Waals surface area contributed by atoms with E-state index in [0.29, 0.717) is 5.75 Å². The zero-order valence-corrected chi connectivity index (χ0v) is 14.1. The standard InChI is InChI=1S/C16H21FN4OS/c1-16(2,23-10-12-5-3-4-6-20-12)14(19)15(22)21-9-11(17)7-13(21)8-18/h3-6,11,13-14H,7,9-10,19H2,1-2H3/t11-,13?,14+/m0/s1. The second-order valence-corrected chi connectivity index (χ2v) is 7.79. The Labute approximate surface area is 140 Å². The largest absolute Gasteiger partial charge is 0.322 e. The van der Waals surface area contributed by atoms with Gasteiger partial charge in [0.15, 0.2) is 0 Å². The monoisotopic (exact) mass is 336 g/mol. The number of nitrogens with two attached hydrogens (primary N) is 1. The molecule has 0 aromatic carbocycles. The molecule has 1 aliphatic heterocycles. The Bertz CT molecular complexity index is 589. The number of rotatable bonds is 5. The maximum atomic E-state index is 13.5. The molecule has 0 saturated carbocycles. The number of carbonyl (C=O) groups excluding carboxylic acids is 1. The molecule has 2 rings (SSSR count). The average Bonchev–Trinajstić information content (AvgIpc) is 2.93. The molecule has 23 heavy (non-hydrogen) atoms. The van der Waals surface area contributed by atoms with Crippen molar-refractivity contribution in [3.63, 3.8) is 0 Å². The second-order valence-electron chi connectivity index (χ2n) is 6.16. The lowest BCUT2D eigenvalue weighted by molar-refractivity contribution is -0.133. The first-order chi connectivity index (χ1) is 10.8. The summed E-state index contributed by atoms with van der Waals surface area (Å²) in [5.41, 5.74) is 7.04. The molecule has 1 fully saturated rings. The van der Waals surface area contributed by atoms with Crippen molar-refractivity contribution < 1.29 is 9.18 Å². The molecule has 3 atom stereocenters. The zero-order valence-electron chi connectivity index (χ0n) is 13.3. The van der Waals surface area contributed by atoms with Gasteiger partial charge in [-0.25, -0.2) is 4.39 Å². The van der Waals surface area contributed by atoms with Crippen LogP contribution in [0, 0.1) is 11.3 Å². The summed E-state index contributed by atoms with van der Waals surface area (Å²) in [4.78, 5) is 18.1. The number of alkyl halides is 1. The molecule has 0 aliphatic carbocycles. The van der Waals surface area contributed by atoms with Gasteiger partial charge in [0.05, 0.1) is 24.3 Å². The van der Waals surface area contributed by atoms with Crippen molar-refractivity contribution in [2.24, 2.45) is 5.73 Å². The summed E-state index contributed by atoms with van der Waals surface area (Å²) in [7, 11) is 0. The number of pyridine rings is 1. The van der Waals surface area contributed by atoms with Gasteiger partial charge in [0.2, 0.25) is 5.91 Å². The van der Waals surface area contributed by atoms with Gasteiger partial charge in [-0.1, -0.05) is 6.07 Å². The van der Waals surface area contributed by atoms with E-state index in [4.69, 9.17) is 11.0 Å². The number of aromatic nitrogens is 1. The lowest BCUT2D eigenvalue weighted by Crippen LogP contribution is -2.54. The lowest BCUT2D eigenvalue weighted by atomic mass is 10.0. The quantitative estimate of drug-likeness (QED) is 0.888. The highest BCUT2D eigenvalue weighted by atomic mass is 32.2. The van der Waals surface area contributed by atoms with E-state index in [1.165, 1.54) is 16.7 Å². The predicted molar refractivity (Wildman–Crippen MR) is 88.2 cm³/mol. The van der Waals surface area contributed by atoms with Gasteiger partial charge in [0.25, 0.3) is 0 Å². The predicted octanol–water partition coefficient (Wildman–Crippen LogP) is 1.88. The highest BCUT2D eigenvalue weighted by molar-refractivity contribution is 7.99. The van der Waals surface area contributed by atoms with Gasteiger partial charge in [0.1, 0.15) is 12.2 Å². The minimum absolute atomic E-state index is 0.0499. The molecule has 0 bridgehead atoms. The van der Waals surface area contributed by atoms with Crippen LogP contribution >= 0.6 is 11.8 Å². The van der Waals surface area contributed by atoms with Crippen molar-refractivity contribution in [3.8, 4) is 6.07 Å². The number of carbonyl (C=O) groups is 1. The molecule has 2 heterocycles. The first-order valence-corrected chi connectivity index (χ1v) is 8.47. The fourth-order valence-electron chi connectivity index (χ4n) is 2.46. The van der Waals surface area contributed by atoms with Gasteiger partial charge < -0.3 is 10.6 Å². The van der Waals surface area contributed by atoms with E-state index in [0.717, 1.165) is 5.69 Å². The van der Waals surface area contributed by atoms with Gasteiger partial charge in [0, 0.05) is 23.1 Å². The van der Waals surface area contributed by atoms with Crippen LogP contribution in [0.3, 0.4) is 0 Å². The van der Waals surface area contributed by atoms with Gasteiger partial charge in [-0.15, -0.1) is 11.8 Å². The molecule has 1 aliphatic rings. The fraction of sp³-hybridized carbons (Fsp3) is 0.562. The van der Waals surface area contributed by atoms with E-state index < -0.39 is 23.0 Å². The average molecular weight is 336 g/mol. The number of hydrogen-bond donors (Lipinski definition) is 1. The number of hydrogen-bond acceptors (Lipinski definition) is 5. The van der Waals surface area contributed by atoms with Crippen molar-refractivity contribution in [3.05, 3.63) is 30.1 Å². The maximum Gasteiger partial charge on any atom is 0.242 e. The molecular weight excluding hydrogens is 315 g/mol. The summed E-state index contributed by atoms with van der Waals surface area (Å²) in [5.74, 6) is 0.262. The topological polar surface area (TPSA) is 83.0 Å². The first-order valence-electron chi connectivity index (χ1n) is 7.48. The van der Waals surface area contributed by atoms with Gasteiger partial charge in [-0.2, -0.15) is 5.26 Å². The molecule has 124 valence electrons. The van der Waals surface area contributed by atoms with E-state index in [9.17, 15) is 9.18 Å². The Morgan fingerprint density at radius 3 is 3.00 bits per heavy atom. The summed E-state index contributed by atoms with van der Waals surface area (Å²) < 4.78 is 12.9. The molecule has 5 nitrogen and oxygen atoms in total. The van der Waals surface area contributed by atoms with Gasteiger partial charge in [-0.05, 0) is 26.0 Å². The summed E-state index contributed by atoms with van der Waals surface area (Å²) in [6.07, 6.45) is 0.633. The highest BCUT2D eigenvalue weighted by Crippen LogP contribution is 2.32. The summed E-state index contributed by atoms with van der Waals surface area (Å²) in [6, 6.07) is 6.12. The third-order valence-corrected chi connectivity index (χ3v) is 5.45. The van der Waals surface area contributed by atoms with Crippen LogP contribution in [0.2, 0.25) is 0 Å². The minimum Gasteiger partial charge on any atom is -0.322 e. The lowest BCUT2D eigenvalue weighted by Gasteiger charge is -2.33. The SMILES string of the molecule is CC(C)(SCc1ccccn1)[C@H](N)C(=O)N1C[C@@H](F)CC1C#N. The molecule has 7 heteroatoms.